The molecule has 0 fully saturated rings. The molecule has 0 spiro atoms. The molecule has 160 valence electrons. The highest BCUT2D eigenvalue weighted by atomic mass is 19.1. The number of aliphatic imine (C=N–C) groups is 1. The van der Waals surface area contributed by atoms with E-state index in [2.05, 4.69) is 25.5 Å². The predicted molar refractivity (Wildman–Crippen MR) is 120 cm³/mol. The van der Waals surface area contributed by atoms with Crippen LogP contribution in [0.3, 0.4) is 0 Å². The van der Waals surface area contributed by atoms with E-state index in [-0.39, 0.29) is 12.5 Å². The Bertz CT molecular complexity index is 1120. The van der Waals surface area contributed by atoms with E-state index < -0.39 is 5.82 Å². The lowest BCUT2D eigenvalue weighted by Crippen LogP contribution is -2.32. The summed E-state index contributed by atoms with van der Waals surface area (Å²) in [4.78, 5) is 19.9. The molecule has 6 N–H and O–H groups in total. The van der Waals surface area contributed by atoms with Gasteiger partial charge in [0.05, 0.1) is 30.7 Å². The second-order valence-electron chi connectivity index (χ2n) is 6.73. The van der Waals surface area contributed by atoms with Crippen molar-refractivity contribution in [1.82, 2.24) is 20.5 Å². The summed E-state index contributed by atoms with van der Waals surface area (Å²) in [5.74, 6) is -0.690. The van der Waals surface area contributed by atoms with Gasteiger partial charge in [-0.2, -0.15) is 5.10 Å². The molecule has 2 heterocycles. The molecule has 31 heavy (non-hydrogen) atoms. The lowest BCUT2D eigenvalue weighted by molar-refractivity contribution is -0.119. The molecule has 0 aliphatic carbocycles. The van der Waals surface area contributed by atoms with Crippen LogP contribution < -0.4 is 16.8 Å². The number of aryl methyl sites for hydroxylation is 1. The third-order valence-electron chi connectivity index (χ3n) is 4.53. The van der Waals surface area contributed by atoms with Crippen LogP contribution in [-0.2, 0) is 4.79 Å². The van der Waals surface area contributed by atoms with Crippen molar-refractivity contribution in [2.24, 2.45) is 16.5 Å². The summed E-state index contributed by atoms with van der Waals surface area (Å²) in [5, 5.41) is 9.73. The highest BCUT2D eigenvalue weighted by Crippen LogP contribution is 2.31. The van der Waals surface area contributed by atoms with E-state index in [0.29, 0.717) is 24.2 Å². The molecule has 3 aromatic rings. The van der Waals surface area contributed by atoms with Crippen molar-refractivity contribution >= 4 is 17.7 Å². The summed E-state index contributed by atoms with van der Waals surface area (Å²) >= 11 is 0. The molecule has 1 amide bonds. The van der Waals surface area contributed by atoms with E-state index in [4.69, 9.17) is 11.5 Å². The minimum atomic E-state index is -0.429. The van der Waals surface area contributed by atoms with Crippen LogP contribution in [0.4, 0.5) is 4.39 Å². The van der Waals surface area contributed by atoms with Crippen LogP contribution in [0.25, 0.3) is 28.1 Å². The van der Waals surface area contributed by atoms with Gasteiger partial charge in [-0.1, -0.05) is 12.1 Å². The van der Waals surface area contributed by atoms with E-state index in [1.54, 1.807) is 18.3 Å². The number of nitrogens with two attached hydrogens (primary N) is 2. The highest BCUT2D eigenvalue weighted by Gasteiger charge is 2.14. The molecule has 8 nitrogen and oxygen atoms in total. The van der Waals surface area contributed by atoms with Gasteiger partial charge in [-0.15, -0.1) is 0 Å². The maximum absolute atomic E-state index is 14.6. The van der Waals surface area contributed by atoms with Gasteiger partial charge in [0.15, 0.2) is 0 Å². The average Bonchev–Trinajstić information content (AvgIpc) is 3.27. The Morgan fingerprint density at radius 1 is 1.32 bits per heavy atom. The third-order valence-corrected chi connectivity index (χ3v) is 4.53. The largest absolute Gasteiger partial charge is 0.404 e. The van der Waals surface area contributed by atoms with Gasteiger partial charge < -0.3 is 16.8 Å². The molecule has 1 aromatic carbocycles. The quantitative estimate of drug-likeness (QED) is 0.326. The number of allylic oxidation sites excluding steroid dienone is 1. The number of benzene rings is 1. The van der Waals surface area contributed by atoms with Gasteiger partial charge in [-0.3, -0.25) is 19.9 Å². The SMILES string of the molecule is Cc1cccc(-c2[nH]ncc2-c2ccc(F)c(C(C=NCCNC(=O)CN)=CN)c2)n1. The summed E-state index contributed by atoms with van der Waals surface area (Å²) in [7, 11) is 0. The number of aromatic amines is 1. The molecule has 0 saturated carbocycles. The van der Waals surface area contributed by atoms with Crippen molar-refractivity contribution in [1.29, 1.82) is 0 Å². The van der Waals surface area contributed by atoms with Crippen LogP contribution in [-0.4, -0.2) is 46.9 Å². The van der Waals surface area contributed by atoms with Crippen molar-refractivity contribution in [2.45, 2.75) is 6.92 Å². The zero-order valence-corrected chi connectivity index (χ0v) is 17.1. The number of hydrogen-bond donors (Lipinski definition) is 4. The Labute approximate surface area is 179 Å². The number of rotatable bonds is 8. The Kier molecular flexibility index (Phi) is 7.23. The molecule has 0 bridgehead atoms. The summed E-state index contributed by atoms with van der Waals surface area (Å²) in [6.07, 6.45) is 4.45. The molecule has 0 radical (unpaired) electrons. The maximum atomic E-state index is 14.6. The van der Waals surface area contributed by atoms with Crippen molar-refractivity contribution in [3.8, 4) is 22.5 Å². The summed E-state index contributed by atoms with van der Waals surface area (Å²) in [5.41, 5.74) is 15.6. The minimum absolute atomic E-state index is 0.0796. The van der Waals surface area contributed by atoms with Gasteiger partial charge in [0.1, 0.15) is 5.82 Å². The smallest absolute Gasteiger partial charge is 0.233 e. The van der Waals surface area contributed by atoms with Gasteiger partial charge in [-0.05, 0) is 36.8 Å². The number of pyridine rings is 1. The minimum Gasteiger partial charge on any atom is -0.404 e. The first-order valence-corrected chi connectivity index (χ1v) is 9.69. The van der Waals surface area contributed by atoms with E-state index >= 15 is 0 Å². The number of nitrogens with zero attached hydrogens (tertiary/aromatic N) is 3. The Balaban J connectivity index is 1.86. The molecular formula is C22H24FN7O. The number of aromatic nitrogens is 3. The Morgan fingerprint density at radius 3 is 2.90 bits per heavy atom. The molecule has 2 aromatic heterocycles. The van der Waals surface area contributed by atoms with Gasteiger partial charge in [-0.25, -0.2) is 4.39 Å². The number of hydrogen-bond acceptors (Lipinski definition) is 6. The van der Waals surface area contributed by atoms with Crippen molar-refractivity contribution < 1.29 is 9.18 Å². The fourth-order valence-electron chi connectivity index (χ4n) is 2.99. The second-order valence-corrected chi connectivity index (χ2v) is 6.73. The van der Waals surface area contributed by atoms with E-state index in [1.165, 1.54) is 18.5 Å². The van der Waals surface area contributed by atoms with Crippen LogP contribution in [0.15, 0.2) is 53.8 Å². The lowest BCUT2D eigenvalue weighted by atomic mass is 9.98. The zero-order valence-electron chi connectivity index (χ0n) is 17.1. The highest BCUT2D eigenvalue weighted by molar-refractivity contribution is 6.10. The molecule has 3 rings (SSSR count). The van der Waals surface area contributed by atoms with Gasteiger partial charge in [0.25, 0.3) is 0 Å². The van der Waals surface area contributed by atoms with Gasteiger partial charge in [0, 0.05) is 41.4 Å². The van der Waals surface area contributed by atoms with E-state index in [0.717, 1.165) is 28.2 Å². The normalized spacial score (nSPS) is 11.8. The second kappa shape index (κ2) is 10.3. The number of carbonyl (C=O) groups is 1. The first kappa shape index (κ1) is 21.8. The van der Waals surface area contributed by atoms with Gasteiger partial charge in [0.2, 0.25) is 5.91 Å². The standard InChI is InChI=1S/C22H24FN7O/c1-14-3-2-4-20(29-14)22-18(13-28-30-22)15-5-6-19(23)17(9-15)16(10-24)12-26-7-8-27-21(31)11-25/h2-6,9-10,12-13H,7-8,11,24-25H2,1H3,(H,27,31)(H,28,30). The van der Waals surface area contributed by atoms with Gasteiger partial charge >= 0.3 is 0 Å². The van der Waals surface area contributed by atoms with Crippen LogP contribution >= 0.6 is 0 Å². The molecule has 0 aliphatic rings. The molecule has 0 aliphatic heterocycles. The predicted octanol–water partition coefficient (Wildman–Crippen LogP) is 2.03. The monoisotopic (exact) mass is 421 g/mol. The summed E-state index contributed by atoms with van der Waals surface area (Å²) in [6.45, 7) is 2.47. The summed E-state index contributed by atoms with van der Waals surface area (Å²) < 4.78 is 14.6. The van der Waals surface area contributed by atoms with Crippen LogP contribution in [0, 0.1) is 12.7 Å². The molecule has 0 atom stereocenters. The third kappa shape index (κ3) is 5.40. The average molecular weight is 421 g/mol. The maximum Gasteiger partial charge on any atom is 0.233 e. The van der Waals surface area contributed by atoms with Crippen molar-refractivity contribution in [3.05, 3.63) is 65.9 Å². The first-order valence-electron chi connectivity index (χ1n) is 9.69. The number of nitrogens with one attached hydrogen (secondary N) is 2. The number of H-pyrrole nitrogens is 1. The Hall–Kier alpha value is -3.85. The number of amides is 1. The fraction of sp³-hybridized carbons (Fsp3) is 0.182. The van der Waals surface area contributed by atoms with Crippen LogP contribution in [0.2, 0.25) is 0 Å². The molecule has 0 saturated heterocycles. The molecule has 0 unspecified atom stereocenters. The van der Waals surface area contributed by atoms with Crippen molar-refractivity contribution in [2.75, 3.05) is 19.6 Å². The first-order chi connectivity index (χ1) is 15.0. The molecular weight excluding hydrogens is 397 g/mol. The zero-order chi connectivity index (χ0) is 22.2. The molecule has 9 heteroatoms. The Morgan fingerprint density at radius 2 is 2.16 bits per heavy atom. The number of halogens is 1. The summed E-state index contributed by atoms with van der Waals surface area (Å²) in [6, 6.07) is 10.5. The van der Waals surface area contributed by atoms with E-state index in [1.807, 2.05) is 25.1 Å². The lowest BCUT2D eigenvalue weighted by Gasteiger charge is -2.09. The topological polar surface area (TPSA) is 135 Å². The number of carbonyl (C=O) groups excluding carboxylic acids is 1. The van der Waals surface area contributed by atoms with Crippen LogP contribution in [0.1, 0.15) is 11.3 Å². The van der Waals surface area contributed by atoms with Crippen molar-refractivity contribution in [3.63, 3.8) is 0 Å². The fourth-order valence-corrected chi connectivity index (χ4v) is 2.99. The van der Waals surface area contributed by atoms with Crippen LogP contribution in [0.5, 0.6) is 0 Å². The van der Waals surface area contributed by atoms with E-state index in [9.17, 15) is 9.18 Å².